The molecule has 5 heterocycles. The predicted molar refractivity (Wildman–Crippen MR) is 212 cm³/mol. The van der Waals surface area contributed by atoms with Crippen LogP contribution in [0.25, 0.3) is 0 Å². The third-order valence-corrected chi connectivity index (χ3v) is 14.8. The minimum atomic E-state index is -0.181. The zero-order valence-electron chi connectivity index (χ0n) is 31.1. The molecule has 5 aliphatic carbocycles. The van der Waals surface area contributed by atoms with E-state index in [9.17, 15) is 0 Å². The van der Waals surface area contributed by atoms with Crippen molar-refractivity contribution in [3.05, 3.63) is 137 Å². The maximum atomic E-state index is 7.41. The highest BCUT2D eigenvalue weighted by Crippen LogP contribution is 2.64. The van der Waals surface area contributed by atoms with E-state index in [-0.39, 0.29) is 17.6 Å². The van der Waals surface area contributed by atoms with E-state index in [1.165, 1.54) is 60.1 Å². The molecule has 0 amide bonds. The van der Waals surface area contributed by atoms with Gasteiger partial charge in [-0.25, -0.2) is 0 Å². The molecule has 53 heavy (non-hydrogen) atoms. The number of aromatic nitrogens is 1. The number of fused-ring (bicyclic) bond motifs is 10. The third-order valence-electron chi connectivity index (χ3n) is 14.8. The van der Waals surface area contributed by atoms with Crippen molar-refractivity contribution in [2.45, 2.75) is 119 Å². The summed E-state index contributed by atoms with van der Waals surface area (Å²) >= 11 is 0. The zero-order valence-corrected chi connectivity index (χ0v) is 31.1. The van der Waals surface area contributed by atoms with Crippen LogP contribution in [0.4, 0.5) is 5.69 Å². The molecule has 9 aliphatic rings. The molecule has 2 aromatic rings. The van der Waals surface area contributed by atoms with Crippen LogP contribution in [0, 0.1) is 17.8 Å². The number of benzene rings is 1. The number of pyridine rings is 1. The van der Waals surface area contributed by atoms with Crippen LogP contribution in [-0.4, -0.2) is 35.8 Å². The first-order valence-electron chi connectivity index (χ1n) is 20.9. The summed E-state index contributed by atoms with van der Waals surface area (Å²) in [6.07, 6.45) is 40.6. The Hall–Kier alpha value is -4.09. The molecule has 2 saturated carbocycles. The van der Waals surface area contributed by atoms with Gasteiger partial charge in [0.25, 0.3) is 0 Å². The van der Waals surface area contributed by atoms with Gasteiger partial charge in [0, 0.05) is 36.2 Å². The van der Waals surface area contributed by atoms with E-state index < -0.39 is 0 Å². The van der Waals surface area contributed by atoms with E-state index in [0.717, 1.165) is 56.6 Å². The molecule has 0 radical (unpaired) electrons. The monoisotopic (exact) mass is 703 g/mol. The summed E-state index contributed by atoms with van der Waals surface area (Å²) in [4.78, 5) is 7.38. The van der Waals surface area contributed by atoms with Crippen molar-refractivity contribution in [1.82, 2.24) is 10.3 Å². The van der Waals surface area contributed by atoms with Crippen LogP contribution in [0.1, 0.15) is 106 Å². The molecular formula is C48H53N3O2. The number of anilines is 1. The number of hydrogen-bond acceptors (Lipinski definition) is 5. The van der Waals surface area contributed by atoms with Gasteiger partial charge in [0.05, 0.1) is 35.5 Å². The highest BCUT2D eigenvalue weighted by atomic mass is 16.5. The molecule has 1 N–H and O–H groups in total. The summed E-state index contributed by atoms with van der Waals surface area (Å²) < 4.78 is 14.5. The molecule has 1 aromatic heterocycles. The number of nitrogens with zero attached hydrogens (tertiary/aromatic N) is 2. The SMILES string of the molecule is CC1C=CC2=C(C1)C1(C3=CCCCC3OC3CC(N4c5cnccc5C5C=CC=CC54)CCC31)c1ccc(C3CCCC(C4=CC=CNC4)C3)cc1O2. The molecule has 11 rings (SSSR count). The molecular weight excluding hydrogens is 651 g/mol. The first-order valence-corrected chi connectivity index (χ1v) is 20.9. The van der Waals surface area contributed by atoms with Gasteiger partial charge in [0.15, 0.2) is 0 Å². The van der Waals surface area contributed by atoms with Gasteiger partial charge >= 0.3 is 0 Å². The van der Waals surface area contributed by atoms with Crippen molar-refractivity contribution in [3.8, 4) is 5.75 Å². The van der Waals surface area contributed by atoms with Crippen molar-refractivity contribution in [1.29, 1.82) is 0 Å². The van der Waals surface area contributed by atoms with Crippen molar-refractivity contribution in [3.63, 3.8) is 0 Å². The zero-order chi connectivity index (χ0) is 35.1. The number of ether oxygens (including phenoxy) is 2. The summed E-state index contributed by atoms with van der Waals surface area (Å²) in [6.45, 7) is 3.38. The van der Waals surface area contributed by atoms with E-state index in [1.54, 1.807) is 11.1 Å². The van der Waals surface area contributed by atoms with Gasteiger partial charge in [-0.15, -0.1) is 0 Å². The Morgan fingerprint density at radius 2 is 1.89 bits per heavy atom. The second-order valence-corrected chi connectivity index (χ2v) is 17.5. The molecule has 1 aromatic carbocycles. The van der Waals surface area contributed by atoms with Crippen LogP contribution in [0.5, 0.6) is 5.75 Å². The lowest BCUT2D eigenvalue weighted by Gasteiger charge is -2.60. The van der Waals surface area contributed by atoms with Crippen LogP contribution >= 0.6 is 0 Å². The van der Waals surface area contributed by atoms with Gasteiger partial charge in [-0.05, 0) is 140 Å². The first-order chi connectivity index (χ1) is 26.2. The summed E-state index contributed by atoms with van der Waals surface area (Å²) in [5, 5.41) is 3.46. The van der Waals surface area contributed by atoms with Crippen molar-refractivity contribution >= 4 is 5.69 Å². The minimum absolute atomic E-state index is 0.160. The van der Waals surface area contributed by atoms with E-state index in [0.29, 0.717) is 41.7 Å². The van der Waals surface area contributed by atoms with Crippen LogP contribution < -0.4 is 15.0 Å². The summed E-state index contributed by atoms with van der Waals surface area (Å²) in [5.41, 5.74) is 10.1. The fraction of sp³-hybridized carbons (Fsp3) is 0.479. The fourth-order valence-corrected chi connectivity index (χ4v) is 12.6. The van der Waals surface area contributed by atoms with Crippen LogP contribution in [-0.2, 0) is 10.2 Å². The quantitative estimate of drug-likeness (QED) is 0.323. The first kappa shape index (κ1) is 32.3. The maximum absolute atomic E-state index is 7.41. The molecule has 5 nitrogen and oxygen atoms in total. The van der Waals surface area contributed by atoms with Crippen LogP contribution in [0.15, 0.2) is 120 Å². The molecule has 0 bridgehead atoms. The lowest BCUT2D eigenvalue weighted by Crippen LogP contribution is -2.60. The average molecular weight is 704 g/mol. The Kier molecular flexibility index (Phi) is 7.79. The summed E-state index contributed by atoms with van der Waals surface area (Å²) in [5.74, 6) is 4.71. The number of hydrogen-bond donors (Lipinski definition) is 1. The van der Waals surface area contributed by atoms with Gasteiger partial charge in [-0.1, -0.05) is 68.0 Å². The van der Waals surface area contributed by atoms with Crippen LogP contribution in [0.3, 0.4) is 0 Å². The second-order valence-electron chi connectivity index (χ2n) is 17.5. The molecule has 4 aliphatic heterocycles. The van der Waals surface area contributed by atoms with E-state index in [4.69, 9.17) is 9.47 Å². The van der Waals surface area contributed by atoms with Gasteiger partial charge in [0.1, 0.15) is 11.5 Å². The Morgan fingerprint density at radius 3 is 2.83 bits per heavy atom. The normalized spacial score (nSPS) is 37.7. The van der Waals surface area contributed by atoms with Crippen molar-refractivity contribution in [2.24, 2.45) is 17.8 Å². The Balaban J connectivity index is 0.992. The van der Waals surface area contributed by atoms with Gasteiger partial charge in [-0.3, -0.25) is 4.98 Å². The third kappa shape index (κ3) is 5.01. The number of dihydropyridines is 1. The van der Waals surface area contributed by atoms with Crippen molar-refractivity contribution in [2.75, 3.05) is 11.4 Å². The van der Waals surface area contributed by atoms with E-state index in [2.05, 4.69) is 113 Å². The predicted octanol–water partition coefficient (Wildman–Crippen LogP) is 10.0. The summed E-state index contributed by atoms with van der Waals surface area (Å²) in [6, 6.07) is 10.6. The highest BCUT2D eigenvalue weighted by molar-refractivity contribution is 5.66. The van der Waals surface area contributed by atoms with Crippen molar-refractivity contribution < 1.29 is 9.47 Å². The fourth-order valence-electron chi connectivity index (χ4n) is 12.6. The topological polar surface area (TPSA) is 46.6 Å². The second kappa shape index (κ2) is 12.8. The lowest BCUT2D eigenvalue weighted by molar-refractivity contribution is -0.105. The highest BCUT2D eigenvalue weighted by Gasteiger charge is 2.61. The molecule has 10 atom stereocenters. The minimum Gasteiger partial charge on any atom is -0.457 e. The Bertz CT molecular complexity index is 2030. The van der Waals surface area contributed by atoms with Gasteiger partial charge in [-0.2, -0.15) is 0 Å². The summed E-state index contributed by atoms with van der Waals surface area (Å²) in [7, 11) is 0. The molecule has 1 spiro atoms. The molecule has 3 fully saturated rings. The molecule has 5 heteroatoms. The van der Waals surface area contributed by atoms with E-state index in [1.807, 2.05) is 6.20 Å². The standard InChI is InChI=1S/C48H53N3O2/c1-30-15-20-45-41(24-30)48(39-18-16-33(26-46(39)53-45)31-8-6-9-32(25-31)34-10-7-22-49-28-34)38-12-3-5-14-44(38)52-47-27-35(17-19-40(47)48)51-42-13-4-2-11-36(42)37-21-23-50-29-43(37)51/h2,4,7,10-13,15-16,18,20-23,26,29-32,35-36,40,42,44,47,49H,3,5-6,8-9,14,17,19,24-25,27-28H2,1H3. The van der Waals surface area contributed by atoms with E-state index >= 15 is 0 Å². The number of nitrogens with one attached hydrogen (secondary N) is 1. The van der Waals surface area contributed by atoms with Gasteiger partial charge < -0.3 is 19.7 Å². The molecule has 10 unspecified atom stereocenters. The number of rotatable bonds is 3. The molecule has 1 saturated heterocycles. The maximum Gasteiger partial charge on any atom is 0.132 e. The molecule has 272 valence electrons. The Morgan fingerprint density at radius 1 is 0.943 bits per heavy atom. The average Bonchev–Trinajstić information content (AvgIpc) is 3.55. The Labute approximate surface area is 315 Å². The lowest BCUT2D eigenvalue weighted by atomic mass is 9.51. The van der Waals surface area contributed by atoms with Crippen LogP contribution in [0.2, 0.25) is 0 Å². The number of allylic oxidation sites excluding steroid dienone is 8. The smallest absolute Gasteiger partial charge is 0.132 e. The van der Waals surface area contributed by atoms with Gasteiger partial charge in [0.2, 0.25) is 0 Å². The largest absolute Gasteiger partial charge is 0.457 e.